The van der Waals surface area contributed by atoms with Gasteiger partial charge >= 0.3 is 0 Å². The van der Waals surface area contributed by atoms with Crippen molar-refractivity contribution in [1.29, 1.82) is 0 Å². The van der Waals surface area contributed by atoms with Crippen molar-refractivity contribution in [3.63, 3.8) is 0 Å². The number of hydrogen-bond donors (Lipinski definition) is 1. The van der Waals surface area contributed by atoms with E-state index in [4.69, 9.17) is 0 Å². The Labute approximate surface area is 167 Å². The van der Waals surface area contributed by atoms with Crippen LogP contribution in [0.15, 0.2) is 35.6 Å². The molecule has 0 spiro atoms. The molecule has 1 unspecified atom stereocenters. The molecular weight excluding hydrogens is 355 g/mol. The Morgan fingerprint density at radius 2 is 2.14 bits per heavy atom. The molecule has 0 radical (unpaired) electrons. The Bertz CT molecular complexity index is 811. The summed E-state index contributed by atoms with van der Waals surface area (Å²) in [5, 5.41) is 7.66. The van der Waals surface area contributed by atoms with Gasteiger partial charge in [-0.15, -0.1) is 0 Å². The summed E-state index contributed by atoms with van der Waals surface area (Å²) < 4.78 is 16.4. The molecule has 0 amide bonds. The van der Waals surface area contributed by atoms with Crippen molar-refractivity contribution >= 4 is 11.6 Å². The van der Waals surface area contributed by atoms with Gasteiger partial charge < -0.3 is 15.1 Å². The SMILES string of the molecule is CCN(CC)c1ccc(CNC(=NC)N2CCC(c3cnn(C)c3)C2)cc1F. The normalized spacial score (nSPS) is 17.2. The molecule has 1 aromatic carbocycles. The van der Waals surface area contributed by atoms with Gasteiger partial charge in [0.25, 0.3) is 0 Å². The molecule has 1 saturated heterocycles. The Balaban J connectivity index is 1.59. The topological polar surface area (TPSA) is 48.7 Å². The molecule has 1 aliphatic heterocycles. The number of guanidine groups is 1. The summed E-state index contributed by atoms with van der Waals surface area (Å²) in [5.41, 5.74) is 2.85. The molecular formula is C21H31FN6. The van der Waals surface area contributed by atoms with E-state index in [2.05, 4.69) is 26.5 Å². The number of nitrogens with one attached hydrogen (secondary N) is 1. The van der Waals surface area contributed by atoms with Crippen LogP contribution in [0, 0.1) is 5.82 Å². The first-order valence-corrected chi connectivity index (χ1v) is 10.0. The van der Waals surface area contributed by atoms with Crippen LogP contribution in [0.2, 0.25) is 0 Å². The third kappa shape index (κ3) is 4.46. The molecule has 1 aliphatic rings. The van der Waals surface area contributed by atoms with Crippen molar-refractivity contribution in [3.05, 3.63) is 47.5 Å². The second-order valence-corrected chi connectivity index (χ2v) is 7.24. The Morgan fingerprint density at radius 3 is 2.75 bits per heavy atom. The zero-order valence-electron chi connectivity index (χ0n) is 17.3. The van der Waals surface area contributed by atoms with E-state index in [1.165, 1.54) is 5.56 Å². The number of likely N-dealkylation sites (tertiary alicyclic amines) is 1. The van der Waals surface area contributed by atoms with Crippen molar-refractivity contribution < 1.29 is 4.39 Å². The fourth-order valence-corrected chi connectivity index (χ4v) is 3.87. The third-order valence-corrected chi connectivity index (χ3v) is 5.46. The van der Waals surface area contributed by atoms with Crippen LogP contribution in [0.4, 0.5) is 10.1 Å². The molecule has 0 bridgehead atoms. The first-order valence-electron chi connectivity index (χ1n) is 10.0. The minimum absolute atomic E-state index is 0.171. The van der Waals surface area contributed by atoms with Gasteiger partial charge in [-0.3, -0.25) is 9.67 Å². The quantitative estimate of drug-likeness (QED) is 0.613. The van der Waals surface area contributed by atoms with Crippen LogP contribution in [-0.4, -0.2) is 53.9 Å². The fourth-order valence-electron chi connectivity index (χ4n) is 3.87. The van der Waals surface area contributed by atoms with E-state index in [0.717, 1.165) is 44.1 Å². The maximum Gasteiger partial charge on any atom is 0.193 e. The Hall–Kier alpha value is -2.57. The van der Waals surface area contributed by atoms with Gasteiger partial charge in [0.2, 0.25) is 0 Å². The molecule has 1 fully saturated rings. The van der Waals surface area contributed by atoms with Gasteiger partial charge in [0, 0.05) is 58.9 Å². The number of rotatable bonds is 6. The highest BCUT2D eigenvalue weighted by Gasteiger charge is 2.26. The Kier molecular flexibility index (Phi) is 6.54. The highest BCUT2D eigenvalue weighted by molar-refractivity contribution is 5.80. The molecule has 152 valence electrons. The predicted octanol–water partition coefficient (Wildman–Crippen LogP) is 2.97. The third-order valence-electron chi connectivity index (χ3n) is 5.46. The second kappa shape index (κ2) is 9.08. The number of hydrogen-bond acceptors (Lipinski definition) is 3. The van der Waals surface area contributed by atoms with E-state index in [-0.39, 0.29) is 5.82 Å². The lowest BCUT2D eigenvalue weighted by Gasteiger charge is -2.23. The van der Waals surface area contributed by atoms with Crippen LogP contribution in [0.25, 0.3) is 0 Å². The lowest BCUT2D eigenvalue weighted by atomic mass is 10.0. The fraction of sp³-hybridized carbons (Fsp3) is 0.524. The zero-order valence-corrected chi connectivity index (χ0v) is 17.3. The van der Waals surface area contributed by atoms with Crippen molar-refractivity contribution in [2.45, 2.75) is 32.7 Å². The highest BCUT2D eigenvalue weighted by atomic mass is 19.1. The van der Waals surface area contributed by atoms with Crippen molar-refractivity contribution in [3.8, 4) is 0 Å². The molecule has 1 aromatic heterocycles. The zero-order chi connectivity index (χ0) is 20.1. The number of aromatic nitrogens is 2. The predicted molar refractivity (Wildman–Crippen MR) is 112 cm³/mol. The van der Waals surface area contributed by atoms with Crippen LogP contribution >= 0.6 is 0 Å². The molecule has 7 heteroatoms. The van der Waals surface area contributed by atoms with Crippen LogP contribution in [-0.2, 0) is 13.6 Å². The number of nitrogens with zero attached hydrogens (tertiary/aromatic N) is 5. The lowest BCUT2D eigenvalue weighted by molar-refractivity contribution is 0.485. The van der Waals surface area contributed by atoms with E-state index in [1.54, 1.807) is 13.1 Å². The molecule has 1 atom stereocenters. The van der Waals surface area contributed by atoms with Gasteiger partial charge in [0.1, 0.15) is 5.82 Å². The van der Waals surface area contributed by atoms with Gasteiger partial charge in [-0.2, -0.15) is 5.10 Å². The number of aliphatic imine (C=N–C) groups is 1. The smallest absolute Gasteiger partial charge is 0.193 e. The monoisotopic (exact) mass is 386 g/mol. The molecule has 0 aliphatic carbocycles. The van der Waals surface area contributed by atoms with Gasteiger partial charge in [-0.25, -0.2) is 4.39 Å². The first-order chi connectivity index (χ1) is 13.5. The average molecular weight is 387 g/mol. The van der Waals surface area contributed by atoms with Crippen LogP contribution in [0.3, 0.4) is 0 Å². The number of anilines is 1. The van der Waals surface area contributed by atoms with Crippen LogP contribution in [0.1, 0.15) is 37.3 Å². The summed E-state index contributed by atoms with van der Waals surface area (Å²) >= 11 is 0. The number of halogens is 1. The van der Waals surface area contributed by atoms with Crippen molar-refractivity contribution in [2.24, 2.45) is 12.0 Å². The molecule has 3 rings (SSSR count). The summed E-state index contributed by atoms with van der Waals surface area (Å²) in [7, 11) is 3.74. The summed E-state index contributed by atoms with van der Waals surface area (Å²) in [6.07, 6.45) is 5.12. The molecule has 28 heavy (non-hydrogen) atoms. The molecule has 2 heterocycles. The maximum absolute atomic E-state index is 14.5. The minimum Gasteiger partial charge on any atom is -0.370 e. The van der Waals surface area contributed by atoms with Crippen molar-refractivity contribution in [2.75, 3.05) is 38.1 Å². The van der Waals surface area contributed by atoms with E-state index in [0.29, 0.717) is 18.2 Å². The highest BCUT2D eigenvalue weighted by Crippen LogP contribution is 2.26. The standard InChI is InChI=1S/C21H31FN6/c1-5-27(6-2)20-8-7-16(11-19(20)22)12-24-21(23-3)28-10-9-17(15-28)18-13-25-26(4)14-18/h7-8,11,13-14,17H,5-6,9-10,12,15H2,1-4H3,(H,23,24). The number of aryl methyl sites for hydroxylation is 1. The van der Waals surface area contributed by atoms with Gasteiger partial charge in [0.15, 0.2) is 5.96 Å². The van der Waals surface area contributed by atoms with Crippen LogP contribution in [0.5, 0.6) is 0 Å². The summed E-state index contributed by atoms with van der Waals surface area (Å²) in [6, 6.07) is 5.48. The Morgan fingerprint density at radius 1 is 1.36 bits per heavy atom. The van der Waals surface area contributed by atoms with Gasteiger partial charge in [0.05, 0.1) is 11.9 Å². The molecule has 1 N–H and O–H groups in total. The van der Waals surface area contributed by atoms with Crippen LogP contribution < -0.4 is 10.2 Å². The molecule has 0 saturated carbocycles. The van der Waals surface area contributed by atoms with E-state index in [1.807, 2.05) is 48.8 Å². The summed E-state index contributed by atoms with van der Waals surface area (Å²) in [5.74, 6) is 1.16. The van der Waals surface area contributed by atoms with E-state index >= 15 is 0 Å². The van der Waals surface area contributed by atoms with Gasteiger partial charge in [-0.1, -0.05) is 6.07 Å². The van der Waals surface area contributed by atoms with Crippen molar-refractivity contribution in [1.82, 2.24) is 20.0 Å². The lowest BCUT2D eigenvalue weighted by Crippen LogP contribution is -2.39. The molecule has 2 aromatic rings. The van der Waals surface area contributed by atoms with E-state index in [9.17, 15) is 4.39 Å². The largest absolute Gasteiger partial charge is 0.370 e. The average Bonchev–Trinajstić information content (AvgIpc) is 3.34. The minimum atomic E-state index is -0.171. The van der Waals surface area contributed by atoms with Gasteiger partial charge in [-0.05, 0) is 43.5 Å². The second-order valence-electron chi connectivity index (χ2n) is 7.24. The first kappa shape index (κ1) is 20.2. The molecule has 6 nitrogen and oxygen atoms in total. The summed E-state index contributed by atoms with van der Waals surface area (Å²) in [6.45, 7) is 8.09. The van der Waals surface area contributed by atoms with E-state index < -0.39 is 0 Å². The number of benzene rings is 1. The maximum atomic E-state index is 14.5. The summed E-state index contributed by atoms with van der Waals surface area (Å²) in [4.78, 5) is 8.71.